The van der Waals surface area contributed by atoms with Crippen molar-refractivity contribution in [2.75, 3.05) is 6.54 Å². The molecule has 0 bridgehead atoms. The second-order valence-corrected chi connectivity index (χ2v) is 3.59. The Kier molecular flexibility index (Phi) is 2.94. The molecule has 1 unspecified atom stereocenters. The van der Waals surface area contributed by atoms with Crippen LogP contribution in [-0.2, 0) is 6.54 Å². The largest absolute Gasteiger partial charge is 0.343 e. The fourth-order valence-electron chi connectivity index (χ4n) is 1.42. The second kappa shape index (κ2) is 4.37. The molecule has 0 aliphatic carbocycles. The highest BCUT2D eigenvalue weighted by molar-refractivity contribution is 5.73. The average Bonchev–Trinajstić information content (AvgIpc) is 2.74. The summed E-state index contributed by atoms with van der Waals surface area (Å²) in [6.45, 7) is 3.47. The van der Waals surface area contributed by atoms with Crippen LogP contribution in [0.15, 0.2) is 18.6 Å². The Labute approximate surface area is 88.1 Å². The zero-order chi connectivity index (χ0) is 10.7. The van der Waals surface area contributed by atoms with Gasteiger partial charge >= 0.3 is 0 Å². The fraction of sp³-hybridized carbons (Fsp3) is 0.400. The Morgan fingerprint density at radius 3 is 3.20 bits per heavy atom. The van der Waals surface area contributed by atoms with Gasteiger partial charge in [-0.2, -0.15) is 0 Å². The van der Waals surface area contributed by atoms with Crippen LogP contribution in [0.5, 0.6) is 0 Å². The number of hydrogen-bond acceptors (Lipinski definition) is 4. The molecule has 0 amide bonds. The van der Waals surface area contributed by atoms with E-state index in [1.807, 2.05) is 6.07 Å². The van der Waals surface area contributed by atoms with Crippen LogP contribution in [0.2, 0.25) is 0 Å². The number of aromatic nitrogens is 3. The number of nitrogens with one attached hydrogen (secondary N) is 2. The molecule has 5 nitrogen and oxygen atoms in total. The number of hydrogen-bond donors (Lipinski definition) is 3. The average molecular weight is 205 g/mol. The molecular formula is C10H15N5. The molecule has 5 heteroatoms. The number of fused-ring (bicyclic) bond motifs is 1. The van der Waals surface area contributed by atoms with Gasteiger partial charge in [-0.25, -0.2) is 9.97 Å². The summed E-state index contributed by atoms with van der Waals surface area (Å²) in [6.07, 6.45) is 3.43. The maximum atomic E-state index is 5.53. The molecule has 0 fully saturated rings. The third-order valence-corrected chi connectivity index (χ3v) is 2.41. The van der Waals surface area contributed by atoms with Crippen molar-refractivity contribution < 1.29 is 0 Å². The summed E-state index contributed by atoms with van der Waals surface area (Å²) in [6, 6.07) is 2.30. The Hall–Kier alpha value is -1.46. The van der Waals surface area contributed by atoms with Crippen LogP contribution in [-0.4, -0.2) is 27.5 Å². The topological polar surface area (TPSA) is 79.6 Å². The molecule has 2 heterocycles. The quantitative estimate of drug-likeness (QED) is 0.674. The standard InChI is InChI=1S/C10H15N5/c1-7(4-11)13-5-8-2-3-12-10-9(8)14-6-15-10/h2-3,6-7,13H,4-5,11H2,1H3,(H,12,14,15). The highest BCUT2D eigenvalue weighted by atomic mass is 15.0. The molecule has 0 saturated heterocycles. The van der Waals surface area contributed by atoms with Crippen molar-refractivity contribution in [3.8, 4) is 0 Å². The normalized spacial score (nSPS) is 13.2. The minimum absolute atomic E-state index is 0.316. The number of pyridine rings is 1. The molecule has 15 heavy (non-hydrogen) atoms. The van der Waals surface area contributed by atoms with Crippen LogP contribution in [0.25, 0.3) is 11.2 Å². The van der Waals surface area contributed by atoms with Gasteiger partial charge in [-0.05, 0) is 18.6 Å². The van der Waals surface area contributed by atoms with E-state index in [2.05, 4.69) is 27.2 Å². The summed E-state index contributed by atoms with van der Waals surface area (Å²) in [5.41, 5.74) is 8.45. The number of imidazole rings is 1. The van der Waals surface area contributed by atoms with Crippen molar-refractivity contribution >= 4 is 11.2 Å². The van der Waals surface area contributed by atoms with Crippen molar-refractivity contribution in [1.29, 1.82) is 0 Å². The number of aromatic amines is 1. The lowest BCUT2D eigenvalue weighted by Crippen LogP contribution is -2.32. The van der Waals surface area contributed by atoms with E-state index in [0.717, 1.165) is 23.3 Å². The molecule has 2 aromatic heterocycles. The monoisotopic (exact) mass is 205 g/mol. The molecule has 0 saturated carbocycles. The minimum Gasteiger partial charge on any atom is -0.343 e. The lowest BCUT2D eigenvalue weighted by Gasteiger charge is -2.11. The number of nitrogens with zero attached hydrogens (tertiary/aromatic N) is 2. The summed E-state index contributed by atoms with van der Waals surface area (Å²) in [4.78, 5) is 11.3. The summed E-state index contributed by atoms with van der Waals surface area (Å²) < 4.78 is 0. The first-order valence-electron chi connectivity index (χ1n) is 5.01. The summed E-state index contributed by atoms with van der Waals surface area (Å²) >= 11 is 0. The highest BCUT2D eigenvalue weighted by Gasteiger charge is 2.04. The van der Waals surface area contributed by atoms with Crippen LogP contribution in [0.1, 0.15) is 12.5 Å². The molecule has 80 valence electrons. The molecule has 2 aromatic rings. The summed E-state index contributed by atoms with van der Waals surface area (Å²) in [7, 11) is 0. The van der Waals surface area contributed by atoms with Crippen molar-refractivity contribution in [3.05, 3.63) is 24.2 Å². The number of rotatable bonds is 4. The third-order valence-electron chi connectivity index (χ3n) is 2.41. The van der Waals surface area contributed by atoms with Gasteiger partial charge in [0.1, 0.15) is 0 Å². The van der Waals surface area contributed by atoms with Gasteiger partial charge < -0.3 is 16.0 Å². The van der Waals surface area contributed by atoms with Crippen LogP contribution in [0.3, 0.4) is 0 Å². The van der Waals surface area contributed by atoms with Crippen LogP contribution < -0.4 is 11.1 Å². The second-order valence-electron chi connectivity index (χ2n) is 3.59. The molecule has 0 aliphatic rings. The zero-order valence-electron chi connectivity index (χ0n) is 8.70. The van der Waals surface area contributed by atoms with Crippen molar-refractivity contribution in [2.45, 2.75) is 19.5 Å². The molecule has 0 radical (unpaired) electrons. The van der Waals surface area contributed by atoms with Crippen LogP contribution in [0.4, 0.5) is 0 Å². The third kappa shape index (κ3) is 2.14. The van der Waals surface area contributed by atoms with Gasteiger partial charge in [0.2, 0.25) is 0 Å². The van der Waals surface area contributed by atoms with Gasteiger partial charge in [0.05, 0.1) is 11.8 Å². The summed E-state index contributed by atoms with van der Waals surface area (Å²) in [5.74, 6) is 0. The highest BCUT2D eigenvalue weighted by Crippen LogP contribution is 2.11. The first-order chi connectivity index (χ1) is 7.31. The molecule has 2 rings (SSSR count). The van der Waals surface area contributed by atoms with E-state index >= 15 is 0 Å². The fourth-order valence-corrected chi connectivity index (χ4v) is 1.42. The Bertz CT molecular complexity index is 436. The maximum absolute atomic E-state index is 5.53. The zero-order valence-corrected chi connectivity index (χ0v) is 8.70. The first kappa shape index (κ1) is 10.1. The molecule has 1 atom stereocenters. The first-order valence-corrected chi connectivity index (χ1v) is 5.01. The predicted octanol–water partition coefficient (Wildman–Crippen LogP) is 0.395. The SMILES string of the molecule is CC(CN)NCc1ccnc2nc[nH]c12. The van der Waals surface area contributed by atoms with Gasteiger partial charge in [0.25, 0.3) is 0 Å². The van der Waals surface area contributed by atoms with E-state index in [0.29, 0.717) is 12.6 Å². The van der Waals surface area contributed by atoms with E-state index < -0.39 is 0 Å². The van der Waals surface area contributed by atoms with Gasteiger partial charge in [-0.3, -0.25) is 0 Å². The lowest BCUT2D eigenvalue weighted by atomic mass is 10.2. The van der Waals surface area contributed by atoms with E-state index in [-0.39, 0.29) is 0 Å². The van der Waals surface area contributed by atoms with Crippen LogP contribution >= 0.6 is 0 Å². The number of H-pyrrole nitrogens is 1. The van der Waals surface area contributed by atoms with Crippen molar-refractivity contribution in [1.82, 2.24) is 20.3 Å². The number of nitrogens with two attached hydrogens (primary N) is 1. The van der Waals surface area contributed by atoms with Gasteiger partial charge in [-0.15, -0.1) is 0 Å². The van der Waals surface area contributed by atoms with Gasteiger partial charge in [0, 0.05) is 25.3 Å². The van der Waals surface area contributed by atoms with Gasteiger partial charge in [0.15, 0.2) is 5.65 Å². The lowest BCUT2D eigenvalue weighted by molar-refractivity contribution is 0.557. The van der Waals surface area contributed by atoms with Crippen molar-refractivity contribution in [2.24, 2.45) is 5.73 Å². The summed E-state index contributed by atoms with van der Waals surface area (Å²) in [5, 5.41) is 3.33. The predicted molar refractivity (Wildman–Crippen MR) is 59.2 cm³/mol. The maximum Gasteiger partial charge on any atom is 0.177 e. The van der Waals surface area contributed by atoms with E-state index in [4.69, 9.17) is 5.73 Å². The van der Waals surface area contributed by atoms with Gasteiger partial charge in [-0.1, -0.05) is 0 Å². The smallest absolute Gasteiger partial charge is 0.177 e. The van der Waals surface area contributed by atoms with Crippen LogP contribution in [0, 0.1) is 0 Å². The molecule has 0 aliphatic heterocycles. The molecule has 4 N–H and O–H groups in total. The Morgan fingerprint density at radius 1 is 1.53 bits per heavy atom. The molecular weight excluding hydrogens is 190 g/mol. The van der Waals surface area contributed by atoms with Crippen molar-refractivity contribution in [3.63, 3.8) is 0 Å². The van der Waals surface area contributed by atoms with E-state index in [1.54, 1.807) is 12.5 Å². The minimum atomic E-state index is 0.316. The Morgan fingerprint density at radius 2 is 2.40 bits per heavy atom. The van der Waals surface area contributed by atoms with E-state index in [1.165, 1.54) is 0 Å². The van der Waals surface area contributed by atoms with E-state index in [9.17, 15) is 0 Å². The Balaban J connectivity index is 2.17. The molecule has 0 spiro atoms. The molecule has 0 aromatic carbocycles.